The van der Waals surface area contributed by atoms with E-state index >= 15 is 0 Å². The van der Waals surface area contributed by atoms with Gasteiger partial charge in [0.15, 0.2) is 0 Å². The molecule has 1 atom stereocenters. The Balaban J connectivity index is 4.28. The molecule has 0 fully saturated rings. The maximum atomic E-state index is 11.0. The molecule has 0 spiro atoms. The van der Waals surface area contributed by atoms with Gasteiger partial charge in [0.05, 0.1) is 0 Å². The van der Waals surface area contributed by atoms with E-state index in [0.717, 1.165) is 12.0 Å². The zero-order chi connectivity index (χ0) is 10.3. The smallest absolute Gasteiger partial charge is 0.132 e. The SMILES string of the molecule is C=CC(=CC=CC)CC(C)C(C)=O. The van der Waals surface area contributed by atoms with E-state index in [1.54, 1.807) is 13.0 Å². The van der Waals surface area contributed by atoms with Crippen molar-refractivity contribution >= 4 is 5.78 Å². The molecule has 0 aliphatic heterocycles. The van der Waals surface area contributed by atoms with Gasteiger partial charge in [0.25, 0.3) is 0 Å². The van der Waals surface area contributed by atoms with Gasteiger partial charge in [-0.25, -0.2) is 0 Å². The molecular formula is C12H18O. The average molecular weight is 178 g/mol. The first-order valence-corrected chi connectivity index (χ1v) is 4.56. The monoisotopic (exact) mass is 178 g/mol. The minimum absolute atomic E-state index is 0.0921. The normalized spacial score (nSPS) is 14.5. The summed E-state index contributed by atoms with van der Waals surface area (Å²) in [6, 6.07) is 0. The molecule has 13 heavy (non-hydrogen) atoms. The van der Waals surface area contributed by atoms with Crippen LogP contribution in [-0.4, -0.2) is 5.78 Å². The van der Waals surface area contributed by atoms with Crippen molar-refractivity contribution in [2.24, 2.45) is 5.92 Å². The highest BCUT2D eigenvalue weighted by atomic mass is 16.1. The van der Waals surface area contributed by atoms with Crippen LogP contribution in [-0.2, 0) is 4.79 Å². The number of carbonyl (C=O) groups excluding carboxylic acids is 1. The lowest BCUT2D eigenvalue weighted by atomic mass is 9.97. The fraction of sp³-hybridized carbons (Fsp3) is 0.417. The highest BCUT2D eigenvalue weighted by Crippen LogP contribution is 2.13. The molecule has 0 saturated carbocycles. The van der Waals surface area contributed by atoms with E-state index in [-0.39, 0.29) is 11.7 Å². The molecule has 0 bridgehead atoms. The molecule has 1 heteroatoms. The van der Waals surface area contributed by atoms with E-state index in [2.05, 4.69) is 6.58 Å². The largest absolute Gasteiger partial charge is 0.300 e. The Morgan fingerprint density at radius 3 is 2.54 bits per heavy atom. The second kappa shape index (κ2) is 6.41. The lowest BCUT2D eigenvalue weighted by molar-refractivity contribution is -0.120. The second-order valence-electron chi connectivity index (χ2n) is 3.19. The van der Waals surface area contributed by atoms with Gasteiger partial charge >= 0.3 is 0 Å². The first kappa shape index (κ1) is 11.9. The molecule has 0 radical (unpaired) electrons. The van der Waals surface area contributed by atoms with Gasteiger partial charge in [-0.3, -0.25) is 4.79 Å². The van der Waals surface area contributed by atoms with Gasteiger partial charge in [0.2, 0.25) is 0 Å². The Hall–Kier alpha value is -1.11. The molecule has 1 nitrogen and oxygen atoms in total. The van der Waals surface area contributed by atoms with Gasteiger partial charge in [-0.1, -0.05) is 37.8 Å². The molecule has 0 saturated heterocycles. The van der Waals surface area contributed by atoms with Crippen molar-refractivity contribution in [1.82, 2.24) is 0 Å². The zero-order valence-corrected chi connectivity index (χ0v) is 8.71. The molecule has 0 aromatic heterocycles. The quantitative estimate of drug-likeness (QED) is 0.590. The highest BCUT2D eigenvalue weighted by molar-refractivity contribution is 5.78. The van der Waals surface area contributed by atoms with E-state index < -0.39 is 0 Å². The maximum Gasteiger partial charge on any atom is 0.132 e. The second-order valence-corrected chi connectivity index (χ2v) is 3.19. The summed E-state index contributed by atoms with van der Waals surface area (Å²) >= 11 is 0. The number of rotatable bonds is 5. The van der Waals surface area contributed by atoms with Crippen molar-refractivity contribution in [1.29, 1.82) is 0 Å². The van der Waals surface area contributed by atoms with Crippen molar-refractivity contribution in [2.75, 3.05) is 0 Å². The molecule has 0 aromatic rings. The van der Waals surface area contributed by atoms with Gasteiger partial charge < -0.3 is 0 Å². The Morgan fingerprint density at radius 2 is 2.15 bits per heavy atom. The first-order chi connectivity index (χ1) is 6.11. The number of hydrogen-bond donors (Lipinski definition) is 0. The highest BCUT2D eigenvalue weighted by Gasteiger charge is 2.07. The minimum Gasteiger partial charge on any atom is -0.300 e. The third-order valence-corrected chi connectivity index (χ3v) is 2.00. The first-order valence-electron chi connectivity index (χ1n) is 4.56. The minimum atomic E-state index is 0.0921. The number of Topliss-reactive ketones (excluding diaryl/α,β-unsaturated/α-hetero) is 1. The molecular weight excluding hydrogens is 160 g/mol. The van der Waals surface area contributed by atoms with Crippen LogP contribution in [0, 0.1) is 5.92 Å². The van der Waals surface area contributed by atoms with Gasteiger partial charge in [-0.15, -0.1) is 0 Å². The van der Waals surface area contributed by atoms with Crippen molar-refractivity contribution in [3.05, 3.63) is 36.5 Å². The Morgan fingerprint density at radius 1 is 1.54 bits per heavy atom. The Kier molecular flexibility index (Phi) is 5.86. The summed E-state index contributed by atoms with van der Waals surface area (Å²) in [5.41, 5.74) is 1.11. The van der Waals surface area contributed by atoms with E-state index in [1.807, 2.05) is 32.1 Å². The summed E-state index contributed by atoms with van der Waals surface area (Å²) in [5, 5.41) is 0. The van der Waals surface area contributed by atoms with Crippen molar-refractivity contribution in [2.45, 2.75) is 27.2 Å². The number of carbonyl (C=O) groups is 1. The Bertz CT molecular complexity index is 234. The summed E-state index contributed by atoms with van der Waals surface area (Å²) in [4.78, 5) is 11.0. The molecule has 0 aliphatic rings. The summed E-state index contributed by atoms with van der Waals surface area (Å²) in [6.07, 6.45) is 8.50. The van der Waals surface area contributed by atoms with Crippen LogP contribution in [0.5, 0.6) is 0 Å². The van der Waals surface area contributed by atoms with E-state index in [0.29, 0.717) is 0 Å². The summed E-state index contributed by atoms with van der Waals surface area (Å²) in [5.74, 6) is 0.322. The van der Waals surface area contributed by atoms with Crippen LogP contribution >= 0.6 is 0 Å². The predicted molar refractivity (Wildman–Crippen MR) is 57.6 cm³/mol. The predicted octanol–water partition coefficient (Wildman–Crippen LogP) is 3.29. The Labute approximate surface area is 80.8 Å². The molecule has 72 valence electrons. The van der Waals surface area contributed by atoms with E-state index in [1.165, 1.54) is 0 Å². The van der Waals surface area contributed by atoms with Gasteiger partial charge in [0.1, 0.15) is 5.78 Å². The maximum absolute atomic E-state index is 11.0. The fourth-order valence-electron chi connectivity index (χ4n) is 0.937. The number of allylic oxidation sites excluding steroid dienone is 5. The lowest BCUT2D eigenvalue weighted by Gasteiger charge is -2.06. The van der Waals surface area contributed by atoms with Crippen molar-refractivity contribution < 1.29 is 4.79 Å². The molecule has 0 N–H and O–H groups in total. The molecule has 0 heterocycles. The molecule has 0 aromatic carbocycles. The van der Waals surface area contributed by atoms with Crippen LogP contribution in [0.2, 0.25) is 0 Å². The van der Waals surface area contributed by atoms with Crippen LogP contribution in [0.25, 0.3) is 0 Å². The standard InChI is InChI=1S/C12H18O/c1-5-7-8-12(6-2)9-10(3)11(4)13/h5-8,10H,2,9H2,1,3-4H3. The topological polar surface area (TPSA) is 17.1 Å². The third kappa shape index (κ3) is 5.18. The van der Waals surface area contributed by atoms with Crippen LogP contribution in [0.15, 0.2) is 36.5 Å². The summed E-state index contributed by atoms with van der Waals surface area (Å²) < 4.78 is 0. The fourth-order valence-corrected chi connectivity index (χ4v) is 0.937. The third-order valence-electron chi connectivity index (χ3n) is 2.00. The lowest BCUT2D eigenvalue weighted by Crippen LogP contribution is -2.06. The number of hydrogen-bond acceptors (Lipinski definition) is 1. The molecule has 0 rings (SSSR count). The number of ketones is 1. The summed E-state index contributed by atoms with van der Waals surface area (Å²) in [7, 11) is 0. The average Bonchev–Trinajstić information content (AvgIpc) is 2.11. The van der Waals surface area contributed by atoms with Crippen molar-refractivity contribution in [3.63, 3.8) is 0 Å². The van der Waals surface area contributed by atoms with Crippen molar-refractivity contribution in [3.8, 4) is 0 Å². The van der Waals surface area contributed by atoms with Gasteiger partial charge in [-0.05, 0) is 25.8 Å². The molecule has 0 aliphatic carbocycles. The van der Waals surface area contributed by atoms with Crippen LogP contribution in [0.4, 0.5) is 0 Å². The zero-order valence-electron chi connectivity index (χ0n) is 8.71. The van der Waals surface area contributed by atoms with Crippen LogP contribution in [0.3, 0.4) is 0 Å². The summed E-state index contributed by atoms with van der Waals surface area (Å²) in [6.45, 7) is 9.24. The molecule has 0 amide bonds. The van der Waals surface area contributed by atoms with E-state index in [9.17, 15) is 4.79 Å². The van der Waals surface area contributed by atoms with Crippen LogP contribution < -0.4 is 0 Å². The van der Waals surface area contributed by atoms with E-state index in [4.69, 9.17) is 0 Å². The molecule has 1 unspecified atom stereocenters. The van der Waals surface area contributed by atoms with Crippen LogP contribution in [0.1, 0.15) is 27.2 Å². The van der Waals surface area contributed by atoms with Gasteiger partial charge in [-0.2, -0.15) is 0 Å². The van der Waals surface area contributed by atoms with Gasteiger partial charge in [0, 0.05) is 5.92 Å².